The molecule has 3 unspecified atom stereocenters. The van der Waals surface area contributed by atoms with Crippen molar-refractivity contribution in [3.8, 4) is 0 Å². The van der Waals surface area contributed by atoms with Gasteiger partial charge in [-0.3, -0.25) is 4.79 Å². The van der Waals surface area contributed by atoms with Gasteiger partial charge in [0.25, 0.3) is 0 Å². The Morgan fingerprint density at radius 2 is 1.75 bits per heavy atom. The van der Waals surface area contributed by atoms with Gasteiger partial charge in [0.05, 0.1) is 6.04 Å². The van der Waals surface area contributed by atoms with Gasteiger partial charge < -0.3 is 24.8 Å². The summed E-state index contributed by atoms with van der Waals surface area (Å²) >= 11 is 0. The van der Waals surface area contributed by atoms with E-state index < -0.39 is 24.5 Å². The number of alkyl carbamates (subject to hydrolysis) is 1. The van der Waals surface area contributed by atoms with Gasteiger partial charge in [0, 0.05) is 0 Å². The van der Waals surface area contributed by atoms with Crippen LogP contribution in [-0.4, -0.2) is 47.1 Å². The van der Waals surface area contributed by atoms with Gasteiger partial charge in [0.1, 0.15) is 19.4 Å². The SMILES string of the molecule is CC(NC(=O)OCc1ccccc1)C(=O)N1COC(O)C1Cc1ccccc1. The molecule has 1 fully saturated rings. The Kier molecular flexibility index (Phi) is 6.62. The van der Waals surface area contributed by atoms with E-state index in [1.165, 1.54) is 4.90 Å². The average molecular weight is 384 g/mol. The second-order valence-corrected chi connectivity index (χ2v) is 6.68. The highest BCUT2D eigenvalue weighted by Gasteiger charge is 2.38. The number of nitrogens with zero attached hydrogens (tertiary/aromatic N) is 1. The van der Waals surface area contributed by atoms with E-state index in [9.17, 15) is 14.7 Å². The molecule has 3 atom stereocenters. The lowest BCUT2D eigenvalue weighted by Gasteiger charge is -2.26. The van der Waals surface area contributed by atoms with Gasteiger partial charge in [-0.1, -0.05) is 60.7 Å². The average Bonchev–Trinajstić information content (AvgIpc) is 3.07. The second-order valence-electron chi connectivity index (χ2n) is 6.68. The molecule has 2 N–H and O–H groups in total. The van der Waals surface area contributed by atoms with Crippen LogP contribution in [0.5, 0.6) is 0 Å². The molecule has 0 aromatic heterocycles. The number of aliphatic hydroxyl groups is 1. The van der Waals surface area contributed by atoms with Crippen molar-refractivity contribution in [3.05, 3.63) is 71.8 Å². The number of amides is 2. The molecule has 148 valence electrons. The number of carbonyl (C=O) groups is 2. The largest absolute Gasteiger partial charge is 0.445 e. The van der Waals surface area contributed by atoms with E-state index in [0.717, 1.165) is 11.1 Å². The zero-order valence-corrected chi connectivity index (χ0v) is 15.7. The maximum Gasteiger partial charge on any atom is 0.408 e. The lowest BCUT2D eigenvalue weighted by molar-refractivity contribution is -0.135. The number of hydrogen-bond donors (Lipinski definition) is 2. The molecule has 0 radical (unpaired) electrons. The minimum absolute atomic E-state index is 0.0252. The van der Waals surface area contributed by atoms with Gasteiger partial charge in [-0.05, 0) is 24.5 Å². The Labute approximate surface area is 163 Å². The third kappa shape index (κ3) is 5.09. The van der Waals surface area contributed by atoms with Crippen molar-refractivity contribution in [2.24, 2.45) is 0 Å². The Bertz CT molecular complexity index is 784. The summed E-state index contributed by atoms with van der Waals surface area (Å²) in [6.07, 6.45) is -1.29. The summed E-state index contributed by atoms with van der Waals surface area (Å²) in [5.74, 6) is -0.339. The van der Waals surface area contributed by atoms with Crippen molar-refractivity contribution >= 4 is 12.0 Å². The summed E-state index contributed by atoms with van der Waals surface area (Å²) in [5.41, 5.74) is 1.84. The smallest absolute Gasteiger partial charge is 0.408 e. The van der Waals surface area contributed by atoms with Crippen LogP contribution in [0.3, 0.4) is 0 Å². The van der Waals surface area contributed by atoms with Crippen molar-refractivity contribution < 1.29 is 24.2 Å². The summed E-state index contributed by atoms with van der Waals surface area (Å²) in [5, 5.41) is 12.7. The molecule has 2 aromatic rings. The highest BCUT2D eigenvalue weighted by atomic mass is 16.6. The molecule has 0 spiro atoms. The van der Waals surface area contributed by atoms with E-state index in [1.807, 2.05) is 60.7 Å². The first-order valence-corrected chi connectivity index (χ1v) is 9.16. The molecule has 0 bridgehead atoms. The third-order valence-electron chi connectivity index (χ3n) is 4.60. The molecule has 7 nitrogen and oxygen atoms in total. The lowest BCUT2D eigenvalue weighted by Crippen LogP contribution is -2.50. The van der Waals surface area contributed by atoms with E-state index in [4.69, 9.17) is 9.47 Å². The minimum atomic E-state index is -1.07. The van der Waals surface area contributed by atoms with Gasteiger partial charge in [0.2, 0.25) is 5.91 Å². The second kappa shape index (κ2) is 9.34. The Morgan fingerprint density at radius 3 is 2.39 bits per heavy atom. The van der Waals surface area contributed by atoms with Gasteiger partial charge in [-0.25, -0.2) is 4.79 Å². The van der Waals surface area contributed by atoms with Crippen molar-refractivity contribution in [2.45, 2.75) is 38.3 Å². The van der Waals surface area contributed by atoms with Gasteiger partial charge in [-0.2, -0.15) is 0 Å². The number of nitrogens with one attached hydrogen (secondary N) is 1. The molecule has 0 saturated carbocycles. The maximum absolute atomic E-state index is 12.8. The summed E-state index contributed by atoms with van der Waals surface area (Å²) in [4.78, 5) is 26.2. The molecule has 1 aliphatic rings. The van der Waals surface area contributed by atoms with Crippen LogP contribution < -0.4 is 5.32 Å². The minimum Gasteiger partial charge on any atom is -0.445 e. The monoisotopic (exact) mass is 384 g/mol. The zero-order valence-electron chi connectivity index (χ0n) is 15.7. The maximum atomic E-state index is 12.8. The summed E-state index contributed by atoms with van der Waals surface area (Å²) < 4.78 is 10.4. The number of benzene rings is 2. The molecular weight excluding hydrogens is 360 g/mol. The molecular formula is C21H24N2O5. The fraction of sp³-hybridized carbons (Fsp3) is 0.333. The van der Waals surface area contributed by atoms with Crippen LogP contribution in [-0.2, 0) is 27.3 Å². The van der Waals surface area contributed by atoms with E-state index >= 15 is 0 Å². The number of rotatable bonds is 6. The first-order chi connectivity index (χ1) is 13.5. The van der Waals surface area contributed by atoms with Crippen molar-refractivity contribution in [1.82, 2.24) is 10.2 Å². The van der Waals surface area contributed by atoms with Gasteiger partial charge >= 0.3 is 6.09 Å². The van der Waals surface area contributed by atoms with Crippen LogP contribution in [0.1, 0.15) is 18.1 Å². The number of hydrogen-bond acceptors (Lipinski definition) is 5. The van der Waals surface area contributed by atoms with E-state index in [1.54, 1.807) is 6.92 Å². The predicted octanol–water partition coefficient (Wildman–Crippen LogP) is 2.05. The standard InChI is InChI=1S/C21H24N2O5/c1-15(22-21(26)27-13-17-10-6-3-7-11-17)19(24)23-14-28-20(25)18(23)12-16-8-4-2-5-9-16/h2-11,15,18,20,25H,12-14H2,1H3,(H,22,26). The zero-order chi connectivity index (χ0) is 19.9. The Balaban J connectivity index is 1.54. The Morgan fingerprint density at radius 1 is 1.14 bits per heavy atom. The van der Waals surface area contributed by atoms with Crippen LogP contribution in [0.15, 0.2) is 60.7 Å². The first-order valence-electron chi connectivity index (χ1n) is 9.16. The van der Waals surface area contributed by atoms with Crippen molar-refractivity contribution in [2.75, 3.05) is 6.73 Å². The predicted molar refractivity (Wildman–Crippen MR) is 102 cm³/mol. The highest BCUT2D eigenvalue weighted by Crippen LogP contribution is 2.21. The number of ether oxygens (including phenoxy) is 2. The molecule has 1 saturated heterocycles. The Hall–Kier alpha value is -2.90. The third-order valence-corrected chi connectivity index (χ3v) is 4.60. The van der Waals surface area contributed by atoms with E-state index in [0.29, 0.717) is 6.42 Å². The van der Waals surface area contributed by atoms with Crippen LogP contribution in [0.4, 0.5) is 4.79 Å². The van der Waals surface area contributed by atoms with Gasteiger partial charge in [0.15, 0.2) is 6.29 Å². The van der Waals surface area contributed by atoms with Crippen LogP contribution in [0.2, 0.25) is 0 Å². The quantitative estimate of drug-likeness (QED) is 0.796. The summed E-state index contributed by atoms with van der Waals surface area (Å²) in [7, 11) is 0. The van der Waals surface area contributed by atoms with Crippen LogP contribution >= 0.6 is 0 Å². The fourth-order valence-electron chi connectivity index (χ4n) is 3.06. The molecule has 2 amide bonds. The molecule has 7 heteroatoms. The van der Waals surface area contributed by atoms with E-state index in [2.05, 4.69) is 5.32 Å². The number of carbonyl (C=O) groups excluding carboxylic acids is 2. The molecule has 1 heterocycles. The fourth-order valence-corrected chi connectivity index (χ4v) is 3.06. The van der Waals surface area contributed by atoms with Crippen molar-refractivity contribution in [1.29, 1.82) is 0 Å². The molecule has 3 rings (SSSR count). The summed E-state index contributed by atoms with van der Waals surface area (Å²) in [6.45, 7) is 1.68. The highest BCUT2D eigenvalue weighted by molar-refractivity contribution is 5.85. The van der Waals surface area contributed by atoms with Crippen molar-refractivity contribution in [3.63, 3.8) is 0 Å². The van der Waals surface area contributed by atoms with Gasteiger partial charge in [-0.15, -0.1) is 0 Å². The van der Waals surface area contributed by atoms with Crippen LogP contribution in [0.25, 0.3) is 0 Å². The summed E-state index contributed by atoms with van der Waals surface area (Å²) in [6, 6.07) is 17.5. The topological polar surface area (TPSA) is 88.1 Å². The molecule has 0 aliphatic carbocycles. The lowest BCUT2D eigenvalue weighted by atomic mass is 10.0. The molecule has 1 aliphatic heterocycles. The number of aliphatic hydroxyl groups excluding tert-OH is 1. The normalized spacial score (nSPS) is 19.9. The molecule has 28 heavy (non-hydrogen) atoms. The first kappa shape index (κ1) is 19.9. The van der Waals surface area contributed by atoms with E-state index in [-0.39, 0.29) is 19.2 Å². The van der Waals surface area contributed by atoms with Crippen LogP contribution in [0, 0.1) is 0 Å². The molecule has 2 aromatic carbocycles.